The van der Waals surface area contributed by atoms with Gasteiger partial charge in [-0.3, -0.25) is 0 Å². The van der Waals surface area contributed by atoms with Gasteiger partial charge in [-0.25, -0.2) is 14.6 Å². The normalized spacial score (nSPS) is 9.87. The largest absolute Gasteiger partial charge is 0.398 e. The van der Waals surface area contributed by atoms with Crippen molar-refractivity contribution in [3.05, 3.63) is 30.0 Å². The van der Waals surface area contributed by atoms with Crippen molar-refractivity contribution >= 4 is 5.69 Å². The van der Waals surface area contributed by atoms with Gasteiger partial charge in [0.05, 0.1) is 0 Å². The lowest BCUT2D eigenvalue weighted by Crippen LogP contribution is -2.01. The van der Waals surface area contributed by atoms with E-state index in [1.54, 1.807) is 12.3 Å². The van der Waals surface area contributed by atoms with E-state index in [4.69, 9.17) is 11.0 Å². The third-order valence-electron chi connectivity index (χ3n) is 1.96. The van der Waals surface area contributed by atoms with Crippen molar-refractivity contribution in [2.45, 2.75) is 6.92 Å². The summed E-state index contributed by atoms with van der Waals surface area (Å²) in [5, 5.41) is 12.5. The van der Waals surface area contributed by atoms with Crippen LogP contribution >= 0.6 is 0 Å². The van der Waals surface area contributed by atoms with E-state index in [1.165, 1.54) is 11.0 Å². The molecule has 0 spiro atoms. The van der Waals surface area contributed by atoms with Gasteiger partial charge in [0.1, 0.15) is 12.4 Å². The number of nitrogens with zero attached hydrogens (tertiary/aromatic N) is 5. The maximum Gasteiger partial charge on any atom is 0.252 e. The number of anilines is 1. The molecule has 0 amide bonds. The number of nitrogens with two attached hydrogens (primary N) is 1. The summed E-state index contributed by atoms with van der Waals surface area (Å²) < 4.78 is 1.41. The number of aromatic nitrogens is 4. The second-order valence-corrected chi connectivity index (χ2v) is 3.02. The molecule has 0 aliphatic rings. The Hall–Kier alpha value is -2.42. The van der Waals surface area contributed by atoms with Gasteiger partial charge in [0.2, 0.25) is 0 Å². The van der Waals surface area contributed by atoms with Gasteiger partial charge in [0, 0.05) is 18.0 Å². The Kier molecular flexibility index (Phi) is 2.06. The summed E-state index contributed by atoms with van der Waals surface area (Å²) in [5.74, 6) is 0.656. The first-order valence-corrected chi connectivity index (χ1v) is 4.25. The summed E-state index contributed by atoms with van der Waals surface area (Å²) in [6.07, 6.45) is 3.08. The van der Waals surface area contributed by atoms with Gasteiger partial charge in [-0.05, 0) is 12.5 Å². The molecule has 2 N–H and O–H groups in total. The van der Waals surface area contributed by atoms with Crippen LogP contribution in [0.4, 0.5) is 5.69 Å². The molecule has 0 saturated heterocycles. The van der Waals surface area contributed by atoms with Crippen LogP contribution in [0, 0.1) is 18.3 Å². The Balaban J connectivity index is 2.46. The molecular formula is C9H8N6. The first-order chi connectivity index (χ1) is 7.20. The quantitative estimate of drug-likeness (QED) is 0.720. The van der Waals surface area contributed by atoms with Crippen LogP contribution < -0.4 is 5.73 Å². The highest BCUT2D eigenvalue weighted by molar-refractivity contribution is 5.48. The van der Waals surface area contributed by atoms with E-state index in [9.17, 15) is 0 Å². The van der Waals surface area contributed by atoms with Gasteiger partial charge < -0.3 is 5.73 Å². The third kappa shape index (κ3) is 1.62. The minimum Gasteiger partial charge on any atom is -0.398 e. The van der Waals surface area contributed by atoms with E-state index in [2.05, 4.69) is 15.1 Å². The van der Waals surface area contributed by atoms with Crippen LogP contribution in [0.5, 0.6) is 0 Å². The number of nitriles is 1. The highest BCUT2D eigenvalue weighted by atomic mass is 15.4. The predicted octanol–water partition coefficient (Wildman–Crippen LogP) is 0.425. The minimum atomic E-state index is 0.107. The number of nitrogen functional groups attached to an aromatic ring is 1. The fourth-order valence-corrected chi connectivity index (χ4v) is 1.08. The van der Waals surface area contributed by atoms with E-state index in [0.29, 0.717) is 11.5 Å². The van der Waals surface area contributed by atoms with Crippen LogP contribution in [0.25, 0.3) is 5.82 Å². The molecule has 6 nitrogen and oxygen atoms in total. The van der Waals surface area contributed by atoms with Crippen LogP contribution in [0.2, 0.25) is 0 Å². The van der Waals surface area contributed by atoms with Gasteiger partial charge >= 0.3 is 0 Å². The van der Waals surface area contributed by atoms with Crippen molar-refractivity contribution in [1.82, 2.24) is 19.7 Å². The lowest BCUT2D eigenvalue weighted by molar-refractivity contribution is 0.839. The maximum atomic E-state index is 8.56. The van der Waals surface area contributed by atoms with Gasteiger partial charge in [0.25, 0.3) is 5.82 Å². The molecule has 0 fully saturated rings. The van der Waals surface area contributed by atoms with Gasteiger partial charge in [0.15, 0.2) is 5.82 Å². The monoisotopic (exact) mass is 200 g/mol. The standard InChI is InChI=1S/C9H8N6/c1-6-4-12-9(2-7(6)11)15-5-13-8(3-10)14-15/h2,4-5H,1H3,(H2,11,12). The van der Waals surface area contributed by atoms with Crippen molar-refractivity contribution in [3.8, 4) is 11.9 Å². The van der Waals surface area contributed by atoms with Crippen molar-refractivity contribution in [1.29, 1.82) is 5.26 Å². The molecule has 0 saturated carbocycles. The summed E-state index contributed by atoms with van der Waals surface area (Å²) in [5.41, 5.74) is 7.27. The number of rotatable bonds is 1. The first kappa shape index (κ1) is 9.15. The summed E-state index contributed by atoms with van der Waals surface area (Å²) in [7, 11) is 0. The molecule has 0 radical (unpaired) electrons. The zero-order chi connectivity index (χ0) is 10.8. The number of pyridine rings is 1. The molecule has 0 aliphatic heterocycles. The molecule has 15 heavy (non-hydrogen) atoms. The Bertz CT molecular complexity index is 536. The van der Waals surface area contributed by atoms with Crippen LogP contribution in [0.1, 0.15) is 11.4 Å². The average molecular weight is 200 g/mol. The van der Waals surface area contributed by atoms with Gasteiger partial charge in [-0.2, -0.15) is 5.26 Å². The molecule has 0 bridgehead atoms. The Morgan fingerprint density at radius 3 is 2.87 bits per heavy atom. The highest BCUT2D eigenvalue weighted by Gasteiger charge is 2.04. The summed E-state index contributed by atoms with van der Waals surface area (Å²) in [6, 6.07) is 3.53. The summed E-state index contributed by atoms with van der Waals surface area (Å²) in [4.78, 5) is 7.90. The zero-order valence-corrected chi connectivity index (χ0v) is 8.05. The minimum absolute atomic E-state index is 0.107. The number of hydrogen-bond donors (Lipinski definition) is 1. The van der Waals surface area contributed by atoms with Gasteiger partial charge in [-0.1, -0.05) is 0 Å². The predicted molar refractivity (Wildman–Crippen MR) is 53.0 cm³/mol. The van der Waals surface area contributed by atoms with Crippen molar-refractivity contribution in [3.63, 3.8) is 0 Å². The average Bonchev–Trinajstić information content (AvgIpc) is 2.70. The van der Waals surface area contributed by atoms with E-state index in [-0.39, 0.29) is 5.82 Å². The molecule has 2 rings (SSSR count). The fraction of sp³-hybridized carbons (Fsp3) is 0.111. The molecule has 0 aliphatic carbocycles. The third-order valence-corrected chi connectivity index (χ3v) is 1.96. The molecule has 2 heterocycles. The second kappa shape index (κ2) is 3.38. The van der Waals surface area contributed by atoms with E-state index < -0.39 is 0 Å². The first-order valence-electron chi connectivity index (χ1n) is 4.25. The zero-order valence-electron chi connectivity index (χ0n) is 8.05. The van der Waals surface area contributed by atoms with E-state index in [1.807, 2.05) is 13.0 Å². The Labute approximate surface area is 86.0 Å². The van der Waals surface area contributed by atoms with Crippen molar-refractivity contribution < 1.29 is 0 Å². The highest BCUT2D eigenvalue weighted by Crippen LogP contribution is 2.12. The molecule has 0 unspecified atom stereocenters. The Morgan fingerprint density at radius 2 is 2.27 bits per heavy atom. The molecule has 2 aromatic rings. The van der Waals surface area contributed by atoms with E-state index in [0.717, 1.165) is 5.56 Å². The molecule has 0 aromatic carbocycles. The van der Waals surface area contributed by atoms with Crippen LogP contribution in [-0.4, -0.2) is 19.7 Å². The molecular weight excluding hydrogens is 192 g/mol. The smallest absolute Gasteiger partial charge is 0.252 e. The fourth-order valence-electron chi connectivity index (χ4n) is 1.08. The van der Waals surface area contributed by atoms with Crippen molar-refractivity contribution in [2.75, 3.05) is 5.73 Å². The number of hydrogen-bond acceptors (Lipinski definition) is 5. The maximum absolute atomic E-state index is 8.56. The molecule has 6 heteroatoms. The van der Waals surface area contributed by atoms with Crippen molar-refractivity contribution in [2.24, 2.45) is 0 Å². The van der Waals surface area contributed by atoms with E-state index >= 15 is 0 Å². The SMILES string of the molecule is Cc1cnc(-n2cnc(C#N)n2)cc1N. The molecule has 2 aromatic heterocycles. The topological polar surface area (TPSA) is 93.4 Å². The lowest BCUT2D eigenvalue weighted by Gasteiger charge is -2.02. The Morgan fingerprint density at radius 1 is 1.47 bits per heavy atom. The van der Waals surface area contributed by atoms with Crippen LogP contribution in [-0.2, 0) is 0 Å². The summed E-state index contributed by atoms with van der Waals surface area (Å²) in [6.45, 7) is 1.87. The number of aryl methyl sites for hydroxylation is 1. The van der Waals surface area contributed by atoms with Crippen LogP contribution in [0.15, 0.2) is 18.6 Å². The lowest BCUT2D eigenvalue weighted by atomic mass is 10.2. The summed E-state index contributed by atoms with van der Waals surface area (Å²) >= 11 is 0. The molecule has 74 valence electrons. The van der Waals surface area contributed by atoms with Crippen LogP contribution in [0.3, 0.4) is 0 Å². The second-order valence-electron chi connectivity index (χ2n) is 3.02. The van der Waals surface area contributed by atoms with Gasteiger partial charge in [-0.15, -0.1) is 5.10 Å². The molecule has 0 atom stereocenters.